The van der Waals surface area contributed by atoms with Gasteiger partial charge in [0, 0.05) is 30.9 Å². The molecule has 0 radical (unpaired) electrons. The summed E-state index contributed by atoms with van der Waals surface area (Å²) in [5.74, 6) is 0.928. The Morgan fingerprint density at radius 1 is 1.27 bits per heavy atom. The van der Waals surface area contributed by atoms with Gasteiger partial charge in [-0.2, -0.15) is 0 Å². The number of benzene rings is 2. The Kier molecular flexibility index (Phi) is 4.32. The summed E-state index contributed by atoms with van der Waals surface area (Å²) >= 11 is 0. The van der Waals surface area contributed by atoms with Crippen LogP contribution in [0.5, 0.6) is 5.75 Å². The third-order valence-corrected chi connectivity index (χ3v) is 3.29. The lowest BCUT2D eigenvalue weighted by atomic mass is 9.96. The highest BCUT2D eigenvalue weighted by molar-refractivity contribution is 5.93. The van der Waals surface area contributed by atoms with E-state index in [1.54, 1.807) is 6.07 Å². The summed E-state index contributed by atoms with van der Waals surface area (Å²) in [6.07, 6.45) is 5.25. The highest BCUT2D eigenvalue weighted by Crippen LogP contribution is 2.32. The Morgan fingerprint density at radius 3 is 2.50 bits per heavy atom. The van der Waals surface area contributed by atoms with E-state index in [1.807, 2.05) is 6.92 Å². The molecule has 0 bridgehead atoms. The van der Waals surface area contributed by atoms with Gasteiger partial charge in [0.25, 0.3) is 0 Å². The lowest BCUT2D eigenvalue weighted by molar-refractivity contribution is 0.172. The zero-order valence-electron chi connectivity index (χ0n) is 12.5. The first-order chi connectivity index (χ1) is 10.4. The summed E-state index contributed by atoms with van der Waals surface area (Å²) in [6, 6.07) is 3.67. The third-order valence-electron chi connectivity index (χ3n) is 3.29. The zero-order chi connectivity index (χ0) is 16.4. The second-order valence-electron chi connectivity index (χ2n) is 4.98. The fraction of sp³-hybridized carbons (Fsp3) is 0.235. The Balaban J connectivity index is 2.72. The molecule has 0 atom stereocenters. The maximum Gasteiger partial charge on any atom is 0.414 e. The van der Waals surface area contributed by atoms with Crippen LogP contribution in [0.1, 0.15) is 18.1 Å². The molecule has 2 rings (SSSR count). The summed E-state index contributed by atoms with van der Waals surface area (Å²) in [4.78, 5) is 12.9. The molecule has 0 unspecified atom stereocenters. The number of halogens is 2. The number of rotatable bonds is 2. The van der Waals surface area contributed by atoms with Crippen molar-refractivity contribution in [3.05, 3.63) is 41.0 Å². The number of terminal acetylenes is 1. The van der Waals surface area contributed by atoms with Crippen LogP contribution in [0.15, 0.2) is 18.2 Å². The topological polar surface area (TPSA) is 29.5 Å². The molecule has 0 N–H and O–H groups in total. The summed E-state index contributed by atoms with van der Waals surface area (Å²) in [6.45, 7) is 1.83. The average Bonchev–Trinajstić information content (AvgIpc) is 2.47. The number of amides is 1. The molecule has 1 amide bonds. The molecule has 22 heavy (non-hydrogen) atoms. The predicted molar refractivity (Wildman–Crippen MR) is 80.9 cm³/mol. The van der Waals surface area contributed by atoms with Gasteiger partial charge in [-0.25, -0.2) is 13.6 Å². The van der Waals surface area contributed by atoms with Gasteiger partial charge in [0.05, 0.1) is 5.56 Å². The van der Waals surface area contributed by atoms with Crippen LogP contribution < -0.4 is 4.74 Å². The first kappa shape index (κ1) is 15.8. The zero-order valence-corrected chi connectivity index (χ0v) is 12.5. The Labute approximate surface area is 127 Å². The van der Waals surface area contributed by atoms with Crippen LogP contribution in [0.3, 0.4) is 0 Å². The molecule has 2 aromatic rings. The monoisotopic (exact) mass is 303 g/mol. The maximum absolute atomic E-state index is 14.1. The lowest BCUT2D eigenvalue weighted by Crippen LogP contribution is -2.25. The SMILES string of the molecule is C#Cc1c(F)cc(F)c2cc(OC(=O)N(C)C)cc(CC)c12. The molecule has 0 saturated carbocycles. The molecule has 0 saturated heterocycles. The van der Waals surface area contributed by atoms with Gasteiger partial charge in [-0.15, -0.1) is 6.42 Å². The minimum atomic E-state index is -0.778. The molecule has 3 nitrogen and oxygen atoms in total. The molecule has 0 fully saturated rings. The van der Waals surface area contributed by atoms with Crippen molar-refractivity contribution in [2.75, 3.05) is 14.1 Å². The van der Waals surface area contributed by atoms with Crippen molar-refractivity contribution in [2.24, 2.45) is 0 Å². The maximum atomic E-state index is 14.1. The van der Waals surface area contributed by atoms with Crippen molar-refractivity contribution < 1.29 is 18.3 Å². The van der Waals surface area contributed by atoms with Gasteiger partial charge in [0.15, 0.2) is 0 Å². The number of hydrogen-bond acceptors (Lipinski definition) is 2. The number of carbonyl (C=O) groups is 1. The van der Waals surface area contributed by atoms with Crippen LogP contribution in [0.4, 0.5) is 13.6 Å². The number of aryl methyl sites for hydroxylation is 1. The van der Waals surface area contributed by atoms with Crippen molar-refractivity contribution in [2.45, 2.75) is 13.3 Å². The molecule has 0 aromatic heterocycles. The molecule has 0 aliphatic rings. The highest BCUT2D eigenvalue weighted by Gasteiger charge is 2.17. The van der Waals surface area contributed by atoms with E-state index < -0.39 is 17.7 Å². The normalized spacial score (nSPS) is 10.4. The second-order valence-corrected chi connectivity index (χ2v) is 4.98. The number of nitrogens with zero attached hydrogens (tertiary/aromatic N) is 1. The van der Waals surface area contributed by atoms with E-state index in [9.17, 15) is 13.6 Å². The molecular formula is C17H15F2NO2. The fourth-order valence-corrected chi connectivity index (χ4v) is 2.21. The first-order valence-corrected chi connectivity index (χ1v) is 6.69. The molecular weight excluding hydrogens is 288 g/mol. The molecule has 0 aliphatic heterocycles. The van der Waals surface area contributed by atoms with E-state index in [0.717, 1.165) is 6.07 Å². The Bertz CT molecular complexity index is 792. The number of hydrogen-bond donors (Lipinski definition) is 0. The molecule has 2 aromatic carbocycles. The van der Waals surface area contributed by atoms with Gasteiger partial charge in [-0.1, -0.05) is 12.8 Å². The summed E-state index contributed by atoms with van der Waals surface area (Å²) < 4.78 is 33.1. The standard InChI is InChI=1S/C17H15F2NO2/c1-5-10-7-11(22-17(21)20(3)4)8-13-15(19)9-14(18)12(6-2)16(10)13/h2,7-9H,5H2,1,3-4H3. The van der Waals surface area contributed by atoms with E-state index in [-0.39, 0.29) is 16.7 Å². The van der Waals surface area contributed by atoms with Crippen molar-refractivity contribution in [3.8, 4) is 18.1 Å². The third kappa shape index (κ3) is 2.73. The van der Waals surface area contributed by atoms with Gasteiger partial charge >= 0.3 is 6.09 Å². The number of ether oxygens (including phenoxy) is 1. The van der Waals surface area contributed by atoms with Gasteiger partial charge in [0.2, 0.25) is 0 Å². The van der Waals surface area contributed by atoms with Crippen LogP contribution in [0.25, 0.3) is 10.8 Å². The smallest absolute Gasteiger partial charge is 0.410 e. The number of carbonyl (C=O) groups excluding carboxylic acids is 1. The molecule has 0 aliphatic carbocycles. The van der Waals surface area contributed by atoms with E-state index in [0.29, 0.717) is 17.4 Å². The van der Waals surface area contributed by atoms with Gasteiger partial charge in [0.1, 0.15) is 17.4 Å². The van der Waals surface area contributed by atoms with Crippen molar-refractivity contribution in [1.82, 2.24) is 4.90 Å². The largest absolute Gasteiger partial charge is 0.414 e. The number of fused-ring (bicyclic) bond motifs is 1. The first-order valence-electron chi connectivity index (χ1n) is 6.69. The van der Waals surface area contributed by atoms with Crippen molar-refractivity contribution in [1.29, 1.82) is 0 Å². The van der Waals surface area contributed by atoms with Crippen molar-refractivity contribution in [3.63, 3.8) is 0 Å². The van der Waals surface area contributed by atoms with Crippen LogP contribution in [0.2, 0.25) is 0 Å². The van der Waals surface area contributed by atoms with Gasteiger partial charge < -0.3 is 9.64 Å². The predicted octanol–water partition coefficient (Wildman–Crippen LogP) is 3.72. The van der Waals surface area contributed by atoms with E-state index in [4.69, 9.17) is 11.2 Å². The van der Waals surface area contributed by atoms with Gasteiger partial charge in [-0.3, -0.25) is 0 Å². The summed E-state index contributed by atoms with van der Waals surface area (Å²) in [7, 11) is 3.08. The fourth-order valence-electron chi connectivity index (χ4n) is 2.21. The molecule has 114 valence electrons. The quantitative estimate of drug-likeness (QED) is 0.791. The minimum absolute atomic E-state index is 0.0127. The van der Waals surface area contributed by atoms with Crippen LogP contribution in [-0.4, -0.2) is 25.1 Å². The van der Waals surface area contributed by atoms with Crippen LogP contribution >= 0.6 is 0 Å². The molecule has 0 heterocycles. The lowest BCUT2D eigenvalue weighted by Gasteiger charge is -2.14. The Hall–Kier alpha value is -2.61. The van der Waals surface area contributed by atoms with Crippen LogP contribution in [0, 0.1) is 24.0 Å². The van der Waals surface area contributed by atoms with Gasteiger partial charge in [-0.05, 0) is 24.1 Å². The highest BCUT2D eigenvalue weighted by atomic mass is 19.1. The average molecular weight is 303 g/mol. The Morgan fingerprint density at radius 2 is 1.95 bits per heavy atom. The summed E-state index contributed by atoms with van der Waals surface area (Å²) in [5.41, 5.74) is 0.629. The van der Waals surface area contributed by atoms with E-state index in [1.165, 1.54) is 25.1 Å². The van der Waals surface area contributed by atoms with E-state index >= 15 is 0 Å². The molecule has 5 heteroatoms. The summed E-state index contributed by atoms with van der Waals surface area (Å²) in [5, 5.41) is 0.474. The van der Waals surface area contributed by atoms with E-state index in [2.05, 4.69) is 5.92 Å². The second kappa shape index (κ2) is 6.02. The minimum Gasteiger partial charge on any atom is -0.410 e. The van der Waals surface area contributed by atoms with Crippen molar-refractivity contribution >= 4 is 16.9 Å². The molecule has 0 spiro atoms. The van der Waals surface area contributed by atoms with Crippen LogP contribution in [-0.2, 0) is 6.42 Å².